The summed E-state index contributed by atoms with van der Waals surface area (Å²) >= 11 is 1.83. The molecule has 0 spiro atoms. The third-order valence-electron chi connectivity index (χ3n) is 1.61. The number of thioether (sulfide) groups is 1. The fraction of sp³-hybridized carbons (Fsp3) is 0.400. The summed E-state index contributed by atoms with van der Waals surface area (Å²) in [5, 5.41) is 11.7. The van der Waals surface area contributed by atoms with Gasteiger partial charge >= 0.3 is 0 Å². The minimum atomic E-state index is 0.172. The first kappa shape index (κ1) is 10.4. The van der Waals surface area contributed by atoms with E-state index in [9.17, 15) is 0 Å². The summed E-state index contributed by atoms with van der Waals surface area (Å²) in [6, 6.07) is 8.25. The van der Waals surface area contributed by atoms with Crippen LogP contribution in [0, 0.1) is 0 Å². The van der Waals surface area contributed by atoms with Gasteiger partial charge in [0.25, 0.3) is 0 Å². The van der Waals surface area contributed by atoms with E-state index in [1.54, 1.807) is 0 Å². The number of anilines is 1. The van der Waals surface area contributed by atoms with Crippen molar-refractivity contribution in [3.8, 4) is 0 Å². The first-order valence-corrected chi connectivity index (χ1v) is 5.43. The second-order valence-corrected chi connectivity index (χ2v) is 3.95. The average molecular weight is 197 g/mol. The Hall–Kier alpha value is -0.670. The number of benzene rings is 1. The van der Waals surface area contributed by atoms with Crippen LogP contribution in [0.4, 0.5) is 5.69 Å². The molecule has 0 fully saturated rings. The Kier molecular flexibility index (Phi) is 4.72. The standard InChI is InChI=1S/C10H15NOS/c1-2-13-10-5-3-9(4-6-10)11-7-8-12/h3-6,11-12H,2,7-8H2,1H3. The van der Waals surface area contributed by atoms with Gasteiger partial charge in [-0.15, -0.1) is 11.8 Å². The molecule has 0 amide bonds. The molecule has 0 atom stereocenters. The molecule has 13 heavy (non-hydrogen) atoms. The van der Waals surface area contributed by atoms with Crippen LogP contribution in [-0.4, -0.2) is 24.0 Å². The Bertz CT molecular complexity index is 235. The predicted octanol–water partition coefficient (Wildman–Crippen LogP) is 2.20. The summed E-state index contributed by atoms with van der Waals surface area (Å²) in [5.74, 6) is 1.10. The van der Waals surface area contributed by atoms with Crippen LogP contribution in [0.3, 0.4) is 0 Å². The maximum Gasteiger partial charge on any atom is 0.0604 e. The van der Waals surface area contributed by atoms with Gasteiger partial charge < -0.3 is 10.4 Å². The number of rotatable bonds is 5. The van der Waals surface area contributed by atoms with Gasteiger partial charge in [-0.05, 0) is 30.0 Å². The molecule has 2 N–H and O–H groups in total. The van der Waals surface area contributed by atoms with Crippen LogP contribution in [0.1, 0.15) is 6.92 Å². The smallest absolute Gasteiger partial charge is 0.0604 e. The van der Waals surface area contributed by atoms with Crippen molar-refractivity contribution in [1.29, 1.82) is 0 Å². The summed E-state index contributed by atoms with van der Waals surface area (Å²) in [6.45, 7) is 2.92. The summed E-state index contributed by atoms with van der Waals surface area (Å²) in [6.07, 6.45) is 0. The Balaban J connectivity index is 2.48. The van der Waals surface area contributed by atoms with Crippen molar-refractivity contribution >= 4 is 17.4 Å². The molecular weight excluding hydrogens is 182 g/mol. The van der Waals surface area contributed by atoms with E-state index in [0.29, 0.717) is 6.54 Å². The van der Waals surface area contributed by atoms with Crippen molar-refractivity contribution in [2.75, 3.05) is 24.2 Å². The Morgan fingerprint density at radius 3 is 2.54 bits per heavy atom. The van der Waals surface area contributed by atoms with Crippen LogP contribution in [-0.2, 0) is 0 Å². The van der Waals surface area contributed by atoms with Crippen molar-refractivity contribution in [2.24, 2.45) is 0 Å². The molecule has 72 valence electrons. The van der Waals surface area contributed by atoms with Crippen molar-refractivity contribution in [1.82, 2.24) is 0 Å². The molecule has 1 aromatic rings. The normalized spacial score (nSPS) is 10.0. The van der Waals surface area contributed by atoms with Gasteiger partial charge in [-0.2, -0.15) is 0 Å². The van der Waals surface area contributed by atoms with Crippen LogP contribution < -0.4 is 5.32 Å². The lowest BCUT2D eigenvalue weighted by atomic mass is 10.3. The number of hydrogen-bond acceptors (Lipinski definition) is 3. The first-order chi connectivity index (χ1) is 6.36. The van der Waals surface area contributed by atoms with Gasteiger partial charge in [0.05, 0.1) is 6.61 Å². The van der Waals surface area contributed by atoms with Crippen molar-refractivity contribution in [3.63, 3.8) is 0 Å². The van der Waals surface area contributed by atoms with Gasteiger partial charge in [-0.25, -0.2) is 0 Å². The minimum Gasteiger partial charge on any atom is -0.395 e. The van der Waals surface area contributed by atoms with E-state index in [1.165, 1.54) is 4.90 Å². The predicted molar refractivity (Wildman–Crippen MR) is 58.4 cm³/mol. The van der Waals surface area contributed by atoms with E-state index in [4.69, 9.17) is 5.11 Å². The zero-order valence-corrected chi connectivity index (χ0v) is 8.60. The third-order valence-corrected chi connectivity index (χ3v) is 2.50. The molecule has 0 aromatic heterocycles. The highest BCUT2D eigenvalue weighted by atomic mass is 32.2. The molecule has 2 nitrogen and oxygen atoms in total. The fourth-order valence-electron chi connectivity index (χ4n) is 1.04. The van der Waals surface area contributed by atoms with Gasteiger partial charge in [0.2, 0.25) is 0 Å². The Morgan fingerprint density at radius 1 is 1.31 bits per heavy atom. The van der Waals surface area contributed by atoms with E-state index < -0.39 is 0 Å². The summed E-state index contributed by atoms with van der Waals surface area (Å²) in [4.78, 5) is 1.29. The van der Waals surface area contributed by atoms with E-state index in [1.807, 2.05) is 23.9 Å². The lowest BCUT2D eigenvalue weighted by molar-refractivity contribution is 0.311. The van der Waals surface area contributed by atoms with Gasteiger partial charge in [0.15, 0.2) is 0 Å². The second-order valence-electron chi connectivity index (χ2n) is 2.61. The zero-order chi connectivity index (χ0) is 9.52. The fourth-order valence-corrected chi connectivity index (χ4v) is 1.70. The molecule has 0 aliphatic carbocycles. The van der Waals surface area contributed by atoms with Crippen LogP contribution >= 0.6 is 11.8 Å². The van der Waals surface area contributed by atoms with Crippen LogP contribution in [0.15, 0.2) is 29.2 Å². The van der Waals surface area contributed by atoms with Crippen LogP contribution in [0.2, 0.25) is 0 Å². The summed E-state index contributed by atoms with van der Waals surface area (Å²) in [5.41, 5.74) is 1.06. The molecule has 3 heteroatoms. The quantitative estimate of drug-likeness (QED) is 0.710. The summed E-state index contributed by atoms with van der Waals surface area (Å²) in [7, 11) is 0. The molecule has 0 saturated heterocycles. The van der Waals surface area contributed by atoms with Gasteiger partial charge in [0, 0.05) is 17.1 Å². The van der Waals surface area contributed by atoms with Crippen molar-refractivity contribution < 1.29 is 5.11 Å². The topological polar surface area (TPSA) is 32.3 Å². The monoisotopic (exact) mass is 197 g/mol. The van der Waals surface area contributed by atoms with E-state index in [-0.39, 0.29) is 6.61 Å². The third kappa shape index (κ3) is 3.70. The molecule has 0 bridgehead atoms. The SMILES string of the molecule is CCSc1ccc(NCCO)cc1. The maximum atomic E-state index is 8.60. The van der Waals surface area contributed by atoms with Crippen molar-refractivity contribution in [2.45, 2.75) is 11.8 Å². The number of aliphatic hydroxyl groups excluding tert-OH is 1. The van der Waals surface area contributed by atoms with Crippen LogP contribution in [0.25, 0.3) is 0 Å². The second kappa shape index (κ2) is 5.89. The maximum absolute atomic E-state index is 8.60. The molecule has 0 unspecified atom stereocenters. The van der Waals surface area contributed by atoms with Gasteiger partial charge in [-0.1, -0.05) is 6.92 Å². The Labute approximate surface area is 83.4 Å². The molecule has 1 rings (SSSR count). The van der Waals surface area contributed by atoms with E-state index in [0.717, 1.165) is 11.4 Å². The highest BCUT2D eigenvalue weighted by molar-refractivity contribution is 7.99. The largest absolute Gasteiger partial charge is 0.395 e. The van der Waals surface area contributed by atoms with Crippen LogP contribution in [0.5, 0.6) is 0 Å². The average Bonchev–Trinajstić information content (AvgIpc) is 2.17. The molecular formula is C10H15NOS. The molecule has 1 aromatic carbocycles. The number of nitrogens with one attached hydrogen (secondary N) is 1. The summed E-state index contributed by atoms with van der Waals surface area (Å²) < 4.78 is 0. The van der Waals surface area contributed by atoms with Crippen molar-refractivity contribution in [3.05, 3.63) is 24.3 Å². The number of aliphatic hydroxyl groups is 1. The van der Waals surface area contributed by atoms with Gasteiger partial charge in [-0.3, -0.25) is 0 Å². The first-order valence-electron chi connectivity index (χ1n) is 4.44. The minimum absolute atomic E-state index is 0.172. The molecule has 0 heterocycles. The van der Waals surface area contributed by atoms with Gasteiger partial charge in [0.1, 0.15) is 0 Å². The van der Waals surface area contributed by atoms with E-state index in [2.05, 4.69) is 24.4 Å². The lowest BCUT2D eigenvalue weighted by Crippen LogP contribution is -2.04. The molecule has 0 aliphatic heterocycles. The number of hydrogen-bond donors (Lipinski definition) is 2. The Morgan fingerprint density at radius 2 is 2.00 bits per heavy atom. The molecule has 0 aliphatic rings. The zero-order valence-electron chi connectivity index (χ0n) is 7.79. The van der Waals surface area contributed by atoms with E-state index >= 15 is 0 Å². The lowest BCUT2D eigenvalue weighted by Gasteiger charge is -2.04. The molecule has 0 radical (unpaired) electrons. The highest BCUT2D eigenvalue weighted by Crippen LogP contribution is 2.19. The molecule has 0 saturated carbocycles. The highest BCUT2D eigenvalue weighted by Gasteiger charge is 1.92.